The fraction of sp³-hybridized carbons (Fsp3) is 0.368. The lowest BCUT2D eigenvalue weighted by molar-refractivity contribution is -0.145. The third kappa shape index (κ3) is 3.99. The fourth-order valence-corrected chi connectivity index (χ4v) is 2.70. The summed E-state index contributed by atoms with van der Waals surface area (Å²) in [7, 11) is 0. The van der Waals surface area contributed by atoms with Crippen molar-refractivity contribution >= 4 is 23.8 Å². The first-order chi connectivity index (χ1) is 12.4. The minimum absolute atomic E-state index is 0.0623. The van der Waals surface area contributed by atoms with E-state index in [1.807, 2.05) is 44.2 Å². The van der Waals surface area contributed by atoms with Crippen LogP contribution in [-0.2, 0) is 20.9 Å². The number of rotatable bonds is 8. The molecule has 1 saturated heterocycles. The van der Waals surface area contributed by atoms with Gasteiger partial charge in [0.05, 0.1) is 0 Å². The van der Waals surface area contributed by atoms with Crippen LogP contribution in [0.2, 0.25) is 0 Å². The quantitative estimate of drug-likeness (QED) is 0.404. The summed E-state index contributed by atoms with van der Waals surface area (Å²) in [5.74, 6) is -2.28. The average Bonchev–Trinajstić information content (AvgIpc) is 2.84. The van der Waals surface area contributed by atoms with Gasteiger partial charge >= 0.3 is 17.8 Å². The molecule has 0 aromatic heterocycles. The van der Waals surface area contributed by atoms with Crippen molar-refractivity contribution in [3.05, 3.63) is 48.6 Å². The zero-order chi connectivity index (χ0) is 19.3. The Balaban J connectivity index is 2.16. The first-order valence-corrected chi connectivity index (χ1v) is 8.52. The van der Waals surface area contributed by atoms with Gasteiger partial charge in [0.15, 0.2) is 0 Å². The highest BCUT2D eigenvalue weighted by Crippen LogP contribution is 2.15. The molecule has 0 spiro atoms. The molecule has 7 nitrogen and oxygen atoms in total. The summed E-state index contributed by atoms with van der Waals surface area (Å²) in [5, 5.41) is 0. The monoisotopic (exact) mass is 357 g/mol. The number of hydrogen-bond acceptors (Lipinski definition) is 4. The third-order valence-corrected chi connectivity index (χ3v) is 4.38. The molecule has 0 aliphatic carbocycles. The minimum Gasteiger partial charge on any atom is -0.334 e. The van der Waals surface area contributed by atoms with Gasteiger partial charge < -0.3 is 4.90 Å². The Morgan fingerprint density at radius 1 is 1.15 bits per heavy atom. The molecule has 1 unspecified atom stereocenters. The van der Waals surface area contributed by atoms with E-state index in [0.717, 1.165) is 16.9 Å². The minimum atomic E-state index is -0.978. The van der Waals surface area contributed by atoms with Gasteiger partial charge in [-0.2, -0.15) is 0 Å². The number of carbonyl (C=O) groups is 4. The summed E-state index contributed by atoms with van der Waals surface area (Å²) < 4.78 is 0. The topological polar surface area (TPSA) is 78.0 Å². The summed E-state index contributed by atoms with van der Waals surface area (Å²) in [4.78, 5) is 52.1. The number of amides is 5. The van der Waals surface area contributed by atoms with E-state index in [1.165, 1.54) is 6.08 Å². The van der Waals surface area contributed by atoms with Crippen molar-refractivity contribution in [3.63, 3.8) is 0 Å². The van der Waals surface area contributed by atoms with Crippen molar-refractivity contribution in [2.75, 3.05) is 13.1 Å². The Labute approximate surface area is 152 Å². The highest BCUT2D eigenvalue weighted by molar-refractivity contribution is 6.45. The van der Waals surface area contributed by atoms with Gasteiger partial charge in [-0.3, -0.25) is 19.3 Å². The molecule has 1 aliphatic heterocycles. The van der Waals surface area contributed by atoms with E-state index in [-0.39, 0.29) is 18.5 Å². The van der Waals surface area contributed by atoms with Crippen molar-refractivity contribution in [3.8, 4) is 0 Å². The molecule has 138 valence electrons. The SMILES string of the molecule is C=CCN1C(=O)C(=O)N(CC(=O)N(Cc2ccccc2)C(C)CC)C1=O. The van der Waals surface area contributed by atoms with Crippen LogP contribution in [0.3, 0.4) is 0 Å². The van der Waals surface area contributed by atoms with Gasteiger partial charge in [-0.15, -0.1) is 6.58 Å². The lowest BCUT2D eigenvalue weighted by Crippen LogP contribution is -2.46. The van der Waals surface area contributed by atoms with Crippen LogP contribution >= 0.6 is 0 Å². The van der Waals surface area contributed by atoms with Crippen LogP contribution in [0.1, 0.15) is 25.8 Å². The van der Waals surface area contributed by atoms with E-state index in [0.29, 0.717) is 11.4 Å². The van der Waals surface area contributed by atoms with Crippen LogP contribution < -0.4 is 0 Å². The van der Waals surface area contributed by atoms with E-state index in [1.54, 1.807) is 4.90 Å². The van der Waals surface area contributed by atoms with Crippen molar-refractivity contribution in [1.29, 1.82) is 0 Å². The lowest BCUT2D eigenvalue weighted by atomic mass is 10.1. The van der Waals surface area contributed by atoms with Gasteiger partial charge in [0, 0.05) is 19.1 Å². The number of hydrogen-bond donors (Lipinski definition) is 0. The fourth-order valence-electron chi connectivity index (χ4n) is 2.70. The lowest BCUT2D eigenvalue weighted by Gasteiger charge is -2.30. The normalized spacial score (nSPS) is 15.4. The first-order valence-electron chi connectivity index (χ1n) is 8.52. The number of nitrogens with zero attached hydrogens (tertiary/aromatic N) is 3. The number of imide groups is 2. The molecule has 2 rings (SSSR count). The van der Waals surface area contributed by atoms with Gasteiger partial charge in [0.2, 0.25) is 5.91 Å². The number of urea groups is 1. The van der Waals surface area contributed by atoms with Crippen LogP contribution in [0.4, 0.5) is 4.79 Å². The van der Waals surface area contributed by atoms with Crippen LogP contribution in [0, 0.1) is 0 Å². The predicted octanol–water partition coefficient (Wildman–Crippen LogP) is 1.79. The Hall–Kier alpha value is -2.96. The maximum absolute atomic E-state index is 12.8. The van der Waals surface area contributed by atoms with Crippen molar-refractivity contribution < 1.29 is 19.2 Å². The molecule has 1 aliphatic rings. The van der Waals surface area contributed by atoms with Gasteiger partial charge in [-0.25, -0.2) is 9.69 Å². The smallest absolute Gasteiger partial charge is 0.334 e. The molecular formula is C19H23N3O4. The largest absolute Gasteiger partial charge is 0.335 e. The van der Waals surface area contributed by atoms with Crippen LogP contribution in [0.5, 0.6) is 0 Å². The Morgan fingerprint density at radius 3 is 2.35 bits per heavy atom. The van der Waals surface area contributed by atoms with Crippen LogP contribution in [-0.4, -0.2) is 57.6 Å². The van der Waals surface area contributed by atoms with Gasteiger partial charge in [0.1, 0.15) is 6.54 Å². The van der Waals surface area contributed by atoms with Crippen LogP contribution in [0.15, 0.2) is 43.0 Å². The average molecular weight is 357 g/mol. The second-order valence-electron chi connectivity index (χ2n) is 6.14. The molecule has 1 aromatic carbocycles. The highest BCUT2D eigenvalue weighted by atomic mass is 16.2. The summed E-state index contributed by atoms with van der Waals surface area (Å²) in [6, 6.07) is 8.61. The van der Waals surface area contributed by atoms with Gasteiger partial charge in [-0.05, 0) is 18.9 Å². The first kappa shape index (κ1) is 19.4. The standard InChI is InChI=1S/C19H23N3O4/c1-4-11-20-17(24)18(25)22(19(20)26)13-16(23)21(14(3)5-2)12-15-9-7-6-8-10-15/h4,6-10,14H,1,5,11-13H2,2-3H3. The summed E-state index contributed by atoms with van der Waals surface area (Å²) in [5.41, 5.74) is 0.949. The second kappa shape index (κ2) is 8.42. The molecule has 0 N–H and O–H groups in total. The van der Waals surface area contributed by atoms with Crippen molar-refractivity contribution in [2.24, 2.45) is 0 Å². The molecule has 1 heterocycles. The van der Waals surface area contributed by atoms with Crippen molar-refractivity contribution in [2.45, 2.75) is 32.9 Å². The van der Waals surface area contributed by atoms with Gasteiger partial charge in [-0.1, -0.05) is 43.3 Å². The Kier molecular flexibility index (Phi) is 6.27. The molecule has 26 heavy (non-hydrogen) atoms. The molecule has 0 saturated carbocycles. The molecule has 1 atom stereocenters. The summed E-state index contributed by atoms with van der Waals surface area (Å²) in [6.07, 6.45) is 2.08. The highest BCUT2D eigenvalue weighted by Gasteiger charge is 2.45. The summed E-state index contributed by atoms with van der Waals surface area (Å²) >= 11 is 0. The Morgan fingerprint density at radius 2 is 1.77 bits per heavy atom. The van der Waals surface area contributed by atoms with E-state index in [9.17, 15) is 19.2 Å². The molecular weight excluding hydrogens is 334 g/mol. The molecule has 7 heteroatoms. The van der Waals surface area contributed by atoms with Crippen LogP contribution in [0.25, 0.3) is 0 Å². The number of carbonyl (C=O) groups excluding carboxylic acids is 4. The van der Waals surface area contributed by atoms with E-state index < -0.39 is 24.4 Å². The van der Waals surface area contributed by atoms with E-state index >= 15 is 0 Å². The molecule has 5 amide bonds. The molecule has 0 bridgehead atoms. The summed E-state index contributed by atoms with van der Waals surface area (Å²) in [6.45, 7) is 7.18. The molecule has 1 fully saturated rings. The predicted molar refractivity (Wildman–Crippen MR) is 95.8 cm³/mol. The Bertz CT molecular complexity index is 717. The second-order valence-corrected chi connectivity index (χ2v) is 6.14. The third-order valence-electron chi connectivity index (χ3n) is 4.38. The maximum atomic E-state index is 12.8. The number of benzene rings is 1. The van der Waals surface area contributed by atoms with Gasteiger partial charge in [0.25, 0.3) is 0 Å². The van der Waals surface area contributed by atoms with Crippen molar-refractivity contribution in [1.82, 2.24) is 14.7 Å². The van der Waals surface area contributed by atoms with E-state index in [2.05, 4.69) is 6.58 Å². The van der Waals surface area contributed by atoms with E-state index in [4.69, 9.17) is 0 Å². The molecule has 1 aromatic rings. The zero-order valence-corrected chi connectivity index (χ0v) is 15.1. The maximum Gasteiger partial charge on any atom is 0.335 e. The molecule has 0 radical (unpaired) electrons. The zero-order valence-electron chi connectivity index (χ0n) is 15.1.